The summed E-state index contributed by atoms with van der Waals surface area (Å²) in [6, 6.07) is 14.9. The number of para-hydroxylation sites is 1. The van der Waals surface area contributed by atoms with Crippen molar-refractivity contribution in [3.63, 3.8) is 0 Å². The number of anilines is 5. The number of pyridine rings is 1. The normalized spacial score (nSPS) is 12.9. The number of fused-ring (bicyclic) bond motifs is 2. The summed E-state index contributed by atoms with van der Waals surface area (Å²) in [7, 11) is 3.71. The van der Waals surface area contributed by atoms with Crippen LogP contribution < -0.4 is 19.9 Å². The Labute approximate surface area is 174 Å². The van der Waals surface area contributed by atoms with Crippen LogP contribution in [0.1, 0.15) is 17.3 Å². The lowest BCUT2D eigenvalue weighted by Gasteiger charge is -2.23. The van der Waals surface area contributed by atoms with Crippen LogP contribution in [-0.2, 0) is 0 Å². The highest BCUT2D eigenvalue weighted by molar-refractivity contribution is 6.30. The molecule has 0 bridgehead atoms. The fourth-order valence-corrected chi connectivity index (χ4v) is 3.57. The number of nitrogens with one attached hydrogen (secondary N) is 1. The van der Waals surface area contributed by atoms with Crippen LogP contribution in [0.5, 0.6) is 5.75 Å². The number of nitrogens with zero attached hydrogens (tertiary/aromatic N) is 3. The summed E-state index contributed by atoms with van der Waals surface area (Å²) in [6.07, 6.45) is 1.70. The van der Waals surface area contributed by atoms with E-state index in [9.17, 15) is 4.79 Å². The van der Waals surface area contributed by atoms with Crippen LogP contribution in [-0.4, -0.2) is 31.6 Å². The van der Waals surface area contributed by atoms with Gasteiger partial charge in [0.25, 0.3) is 5.91 Å². The molecule has 6 nitrogen and oxygen atoms in total. The molecule has 1 aliphatic heterocycles. The lowest BCUT2D eigenvalue weighted by molar-refractivity contribution is 0.0994. The minimum absolute atomic E-state index is 0.0648. The third-order valence-electron chi connectivity index (χ3n) is 4.89. The smallest absolute Gasteiger partial charge is 0.260 e. The maximum absolute atomic E-state index is 12.9. The fourth-order valence-electron chi connectivity index (χ4n) is 3.41. The molecule has 148 valence electrons. The molecule has 2 heterocycles. The molecule has 0 fully saturated rings. The summed E-state index contributed by atoms with van der Waals surface area (Å²) < 4.78 is 5.68. The Morgan fingerprint density at radius 1 is 1.03 bits per heavy atom. The van der Waals surface area contributed by atoms with Crippen molar-refractivity contribution in [3.8, 4) is 5.75 Å². The lowest BCUT2D eigenvalue weighted by atomic mass is 10.1. The van der Waals surface area contributed by atoms with Crippen LogP contribution in [0.4, 0.5) is 28.6 Å². The summed E-state index contributed by atoms with van der Waals surface area (Å²) in [5.41, 5.74) is 3.88. The average molecular weight is 409 g/mol. The SMILES string of the molecule is CCOc1cc(Cl)ccc1Nc1cc2c(cn1)N(C)C(=O)c1ccccc1N2C. The van der Waals surface area contributed by atoms with Gasteiger partial charge in [-0.3, -0.25) is 4.79 Å². The first kappa shape index (κ1) is 19.1. The van der Waals surface area contributed by atoms with Gasteiger partial charge in [-0.25, -0.2) is 4.98 Å². The largest absolute Gasteiger partial charge is 0.492 e. The Kier molecular flexibility index (Phi) is 5.03. The number of hydrogen-bond acceptors (Lipinski definition) is 5. The number of carbonyl (C=O) groups excluding carboxylic acids is 1. The molecule has 1 N–H and O–H groups in total. The second-order valence-corrected chi connectivity index (χ2v) is 7.13. The van der Waals surface area contributed by atoms with E-state index in [4.69, 9.17) is 16.3 Å². The van der Waals surface area contributed by atoms with Gasteiger partial charge in [-0.1, -0.05) is 23.7 Å². The van der Waals surface area contributed by atoms with Crippen molar-refractivity contribution in [1.82, 2.24) is 4.98 Å². The van der Waals surface area contributed by atoms with Crippen molar-refractivity contribution in [2.45, 2.75) is 6.92 Å². The van der Waals surface area contributed by atoms with Crippen LogP contribution in [0.25, 0.3) is 0 Å². The summed E-state index contributed by atoms with van der Waals surface area (Å²) in [6.45, 7) is 2.45. The van der Waals surface area contributed by atoms with Gasteiger partial charge in [0.15, 0.2) is 0 Å². The quantitative estimate of drug-likeness (QED) is 0.640. The van der Waals surface area contributed by atoms with Crippen molar-refractivity contribution in [2.75, 3.05) is 35.8 Å². The van der Waals surface area contributed by atoms with Gasteiger partial charge in [0.05, 0.1) is 41.1 Å². The van der Waals surface area contributed by atoms with Gasteiger partial charge in [-0.05, 0) is 31.2 Å². The molecule has 1 aliphatic rings. The van der Waals surface area contributed by atoms with Crippen LogP contribution in [0.15, 0.2) is 54.7 Å². The molecule has 7 heteroatoms. The topological polar surface area (TPSA) is 57.7 Å². The molecule has 0 unspecified atom stereocenters. The Bertz CT molecular complexity index is 1090. The van der Waals surface area contributed by atoms with Gasteiger partial charge < -0.3 is 19.9 Å². The highest BCUT2D eigenvalue weighted by Crippen LogP contribution is 2.40. The van der Waals surface area contributed by atoms with Crippen LogP contribution in [0, 0.1) is 0 Å². The zero-order valence-corrected chi connectivity index (χ0v) is 17.2. The summed E-state index contributed by atoms with van der Waals surface area (Å²) in [5.74, 6) is 1.23. The average Bonchev–Trinajstić information content (AvgIpc) is 2.81. The molecule has 0 saturated carbocycles. The van der Waals surface area contributed by atoms with Crippen LogP contribution in [0.2, 0.25) is 5.02 Å². The van der Waals surface area contributed by atoms with E-state index in [1.54, 1.807) is 30.3 Å². The predicted octanol–water partition coefficient (Wildman–Crippen LogP) is 5.24. The number of rotatable bonds is 4. The number of amides is 1. The second-order valence-electron chi connectivity index (χ2n) is 6.70. The van der Waals surface area contributed by atoms with Gasteiger partial charge in [0, 0.05) is 31.3 Å². The number of ether oxygens (including phenoxy) is 1. The molecular formula is C22H21ClN4O2. The van der Waals surface area contributed by atoms with E-state index < -0.39 is 0 Å². The number of benzene rings is 2. The summed E-state index contributed by atoms with van der Waals surface area (Å²) in [5, 5.41) is 3.90. The van der Waals surface area contributed by atoms with E-state index in [1.807, 2.05) is 55.3 Å². The molecule has 3 aromatic rings. The Morgan fingerprint density at radius 2 is 1.83 bits per heavy atom. The van der Waals surface area contributed by atoms with E-state index in [1.165, 1.54) is 0 Å². The highest BCUT2D eigenvalue weighted by Gasteiger charge is 2.27. The minimum atomic E-state index is -0.0648. The van der Waals surface area contributed by atoms with E-state index in [0.717, 1.165) is 22.7 Å². The monoisotopic (exact) mass is 408 g/mol. The molecule has 4 rings (SSSR count). The number of carbonyl (C=O) groups is 1. The molecule has 2 aromatic carbocycles. The zero-order chi connectivity index (χ0) is 20.5. The molecule has 1 amide bonds. The van der Waals surface area contributed by atoms with Gasteiger partial charge in [-0.15, -0.1) is 0 Å². The number of halogens is 1. The predicted molar refractivity (Wildman–Crippen MR) is 117 cm³/mol. The Morgan fingerprint density at radius 3 is 2.62 bits per heavy atom. The third-order valence-corrected chi connectivity index (χ3v) is 5.13. The first-order valence-corrected chi connectivity index (χ1v) is 9.67. The molecular weight excluding hydrogens is 388 g/mol. The van der Waals surface area contributed by atoms with Crippen molar-refractivity contribution in [1.29, 1.82) is 0 Å². The first-order chi connectivity index (χ1) is 14.0. The minimum Gasteiger partial charge on any atom is -0.492 e. The number of hydrogen-bond donors (Lipinski definition) is 1. The van der Waals surface area contributed by atoms with E-state index in [0.29, 0.717) is 28.8 Å². The molecule has 0 saturated heterocycles. The molecule has 0 spiro atoms. The van der Waals surface area contributed by atoms with Gasteiger partial charge in [0.2, 0.25) is 0 Å². The fraction of sp³-hybridized carbons (Fsp3) is 0.182. The van der Waals surface area contributed by atoms with E-state index in [2.05, 4.69) is 10.3 Å². The third kappa shape index (κ3) is 3.47. The molecule has 0 aliphatic carbocycles. The van der Waals surface area contributed by atoms with E-state index >= 15 is 0 Å². The summed E-state index contributed by atoms with van der Waals surface area (Å²) >= 11 is 6.10. The maximum Gasteiger partial charge on any atom is 0.260 e. The molecule has 29 heavy (non-hydrogen) atoms. The number of aromatic nitrogens is 1. The Balaban J connectivity index is 1.76. The van der Waals surface area contributed by atoms with Crippen LogP contribution in [0.3, 0.4) is 0 Å². The molecule has 1 aromatic heterocycles. The van der Waals surface area contributed by atoms with Gasteiger partial charge in [0.1, 0.15) is 11.6 Å². The van der Waals surface area contributed by atoms with Crippen molar-refractivity contribution < 1.29 is 9.53 Å². The van der Waals surface area contributed by atoms with Crippen LogP contribution >= 0.6 is 11.6 Å². The maximum atomic E-state index is 12.9. The summed E-state index contributed by atoms with van der Waals surface area (Å²) in [4.78, 5) is 21.0. The molecule has 0 radical (unpaired) electrons. The van der Waals surface area contributed by atoms with Gasteiger partial charge in [-0.2, -0.15) is 0 Å². The lowest BCUT2D eigenvalue weighted by Crippen LogP contribution is -2.25. The van der Waals surface area contributed by atoms with Crippen molar-refractivity contribution in [3.05, 3.63) is 65.3 Å². The van der Waals surface area contributed by atoms with Gasteiger partial charge >= 0.3 is 0 Å². The highest BCUT2D eigenvalue weighted by atomic mass is 35.5. The van der Waals surface area contributed by atoms with E-state index in [-0.39, 0.29) is 5.91 Å². The Hall–Kier alpha value is -3.25. The standard InChI is InChI=1S/C22H21ClN4O2/c1-4-29-20-11-14(23)9-10-16(20)25-21-12-18-19(13-24-21)27(3)22(28)15-7-5-6-8-17(15)26(18)2/h5-13H,4H2,1-3H3,(H,24,25). The van der Waals surface area contributed by atoms with Crippen molar-refractivity contribution >= 4 is 46.1 Å². The zero-order valence-electron chi connectivity index (χ0n) is 16.4. The van der Waals surface area contributed by atoms with Crippen molar-refractivity contribution in [2.24, 2.45) is 0 Å². The first-order valence-electron chi connectivity index (χ1n) is 9.30. The second kappa shape index (κ2) is 7.64. The molecule has 0 atom stereocenters.